The number of nitrogens with zero attached hydrogens (tertiary/aromatic N) is 1. The third-order valence-electron chi connectivity index (χ3n) is 6.23. The number of carbonyl (C=O) groups is 2. The molecular weight excluding hydrogens is 410 g/mol. The summed E-state index contributed by atoms with van der Waals surface area (Å²) < 4.78 is 6.56. The quantitative estimate of drug-likeness (QED) is 0.744. The summed E-state index contributed by atoms with van der Waals surface area (Å²) in [5.74, 6) is 0.288. The molecule has 2 aromatic carbocycles. The van der Waals surface area contributed by atoms with E-state index in [1.807, 2.05) is 42.5 Å². The van der Waals surface area contributed by atoms with Gasteiger partial charge in [0.1, 0.15) is 16.3 Å². The fraction of sp³-hybridized carbons (Fsp3) is 0.360. The number of likely N-dealkylation sites (tertiary alicyclic amines) is 1. The molecule has 5 nitrogen and oxygen atoms in total. The molecular formula is C25H25NO4S. The van der Waals surface area contributed by atoms with E-state index in [9.17, 15) is 14.7 Å². The van der Waals surface area contributed by atoms with Crippen molar-refractivity contribution >= 4 is 29.1 Å². The SMILES string of the molecule is O=C1C(=O)c2ccccc2C2=C1SCC1(CCCN(C[C@H](O)Cc3ccccc3)C1)O2. The lowest BCUT2D eigenvalue weighted by molar-refractivity contribution is -0.111. The molecule has 1 aliphatic carbocycles. The third-order valence-corrected chi connectivity index (χ3v) is 7.56. The van der Waals surface area contributed by atoms with Crippen LogP contribution in [0.1, 0.15) is 34.3 Å². The summed E-state index contributed by atoms with van der Waals surface area (Å²) >= 11 is 1.45. The van der Waals surface area contributed by atoms with Gasteiger partial charge in [-0.25, -0.2) is 0 Å². The Morgan fingerprint density at radius 1 is 1.03 bits per heavy atom. The van der Waals surface area contributed by atoms with Crippen molar-refractivity contribution in [3.63, 3.8) is 0 Å². The van der Waals surface area contributed by atoms with E-state index in [4.69, 9.17) is 4.74 Å². The van der Waals surface area contributed by atoms with E-state index in [2.05, 4.69) is 4.90 Å². The van der Waals surface area contributed by atoms with Gasteiger partial charge in [-0.15, -0.1) is 11.8 Å². The zero-order valence-electron chi connectivity index (χ0n) is 17.3. The minimum Gasteiger partial charge on any atom is -0.483 e. The summed E-state index contributed by atoms with van der Waals surface area (Å²) in [6.45, 7) is 2.21. The average molecular weight is 436 g/mol. The summed E-state index contributed by atoms with van der Waals surface area (Å²) in [5, 5.41) is 10.6. The van der Waals surface area contributed by atoms with Gasteiger partial charge >= 0.3 is 0 Å². The Hall–Kier alpha value is -2.41. The number of hydrogen-bond donors (Lipinski definition) is 1. The molecule has 2 aromatic rings. The highest BCUT2D eigenvalue weighted by Gasteiger charge is 2.46. The van der Waals surface area contributed by atoms with Crippen LogP contribution in [-0.4, -0.2) is 58.7 Å². The molecule has 0 radical (unpaired) electrons. The standard InChI is InChI=1S/C25H25NO4S/c27-18(13-17-7-2-1-3-8-17)14-26-12-6-11-25(15-26)16-31-24-22(29)21(28)19-9-4-5-10-20(19)23(24)30-25/h1-5,7-10,18,27H,6,11-16H2/t18-,25?/m1/s1. The van der Waals surface area contributed by atoms with Gasteiger partial charge in [0.15, 0.2) is 0 Å². The minimum atomic E-state index is -0.459. The van der Waals surface area contributed by atoms with Crippen molar-refractivity contribution in [2.24, 2.45) is 0 Å². The maximum Gasteiger partial charge on any atom is 0.243 e. The van der Waals surface area contributed by atoms with Crippen LogP contribution < -0.4 is 0 Å². The van der Waals surface area contributed by atoms with E-state index in [0.29, 0.717) is 41.5 Å². The molecule has 0 amide bonds. The molecule has 5 rings (SSSR count). The number of fused-ring (bicyclic) bond motifs is 2. The Morgan fingerprint density at radius 3 is 2.58 bits per heavy atom. The first-order valence-electron chi connectivity index (χ1n) is 10.7. The molecule has 1 saturated heterocycles. The van der Waals surface area contributed by atoms with Crippen molar-refractivity contribution in [1.82, 2.24) is 4.90 Å². The molecule has 1 fully saturated rings. The minimum absolute atomic E-state index is 0.415. The van der Waals surface area contributed by atoms with Gasteiger partial charge in [0.05, 0.1) is 6.10 Å². The topological polar surface area (TPSA) is 66.8 Å². The van der Waals surface area contributed by atoms with E-state index in [0.717, 1.165) is 30.5 Å². The number of Topliss-reactive ketones (excluding diaryl/α,β-unsaturated/α-hetero) is 2. The van der Waals surface area contributed by atoms with Crippen LogP contribution in [0.3, 0.4) is 0 Å². The number of rotatable bonds is 4. The fourth-order valence-corrected chi connectivity index (χ4v) is 6.02. The summed E-state index contributed by atoms with van der Waals surface area (Å²) in [5.41, 5.74) is 1.86. The van der Waals surface area contributed by atoms with Gasteiger partial charge in [-0.05, 0) is 31.4 Å². The number of thioether (sulfide) groups is 1. The maximum atomic E-state index is 12.6. The van der Waals surface area contributed by atoms with Gasteiger partial charge in [-0.2, -0.15) is 0 Å². The number of ether oxygens (including phenoxy) is 1. The maximum absolute atomic E-state index is 12.6. The second-order valence-electron chi connectivity index (χ2n) is 8.62. The largest absolute Gasteiger partial charge is 0.483 e. The third kappa shape index (κ3) is 3.95. The van der Waals surface area contributed by atoms with E-state index in [-0.39, 0.29) is 0 Å². The number of aliphatic hydroxyl groups is 1. The molecule has 0 saturated carbocycles. The number of benzene rings is 2. The molecule has 6 heteroatoms. The molecule has 2 heterocycles. The van der Waals surface area contributed by atoms with Crippen LogP contribution in [0, 0.1) is 0 Å². The monoisotopic (exact) mass is 435 g/mol. The summed E-state index contributed by atoms with van der Waals surface area (Å²) in [4.78, 5) is 27.8. The highest BCUT2D eigenvalue weighted by molar-refractivity contribution is 8.04. The van der Waals surface area contributed by atoms with E-state index in [1.165, 1.54) is 11.8 Å². The van der Waals surface area contributed by atoms with Crippen LogP contribution in [0.4, 0.5) is 0 Å². The van der Waals surface area contributed by atoms with Crippen molar-refractivity contribution in [3.05, 3.63) is 76.2 Å². The van der Waals surface area contributed by atoms with E-state index in [1.54, 1.807) is 12.1 Å². The van der Waals surface area contributed by atoms with Crippen LogP contribution in [-0.2, 0) is 16.0 Å². The van der Waals surface area contributed by atoms with Crippen molar-refractivity contribution in [3.8, 4) is 0 Å². The Bertz CT molecular complexity index is 1050. The number of aliphatic hydroxyl groups excluding tert-OH is 1. The van der Waals surface area contributed by atoms with Crippen LogP contribution in [0.15, 0.2) is 59.5 Å². The molecule has 160 valence electrons. The van der Waals surface area contributed by atoms with Crippen LogP contribution in [0.5, 0.6) is 0 Å². The van der Waals surface area contributed by atoms with Crippen LogP contribution in [0.25, 0.3) is 5.76 Å². The van der Waals surface area contributed by atoms with Crippen molar-refractivity contribution in [1.29, 1.82) is 0 Å². The molecule has 0 aromatic heterocycles. The summed E-state index contributed by atoms with van der Waals surface area (Å²) in [6.07, 6.45) is 2.04. The molecule has 1 unspecified atom stereocenters. The van der Waals surface area contributed by atoms with Crippen LogP contribution >= 0.6 is 11.8 Å². The Balaban J connectivity index is 1.33. The highest BCUT2D eigenvalue weighted by Crippen LogP contribution is 2.46. The predicted octanol–water partition coefficient (Wildman–Crippen LogP) is 3.32. The summed E-state index contributed by atoms with van der Waals surface area (Å²) in [6, 6.07) is 17.2. The predicted molar refractivity (Wildman–Crippen MR) is 121 cm³/mol. The summed E-state index contributed by atoms with van der Waals surface area (Å²) in [7, 11) is 0. The molecule has 1 spiro atoms. The van der Waals surface area contributed by atoms with Crippen molar-refractivity contribution in [2.75, 3.05) is 25.4 Å². The number of ketones is 2. The zero-order valence-corrected chi connectivity index (χ0v) is 18.1. The first-order valence-corrected chi connectivity index (χ1v) is 11.7. The number of hydrogen-bond acceptors (Lipinski definition) is 6. The highest BCUT2D eigenvalue weighted by atomic mass is 32.2. The average Bonchev–Trinajstić information content (AvgIpc) is 2.78. The molecule has 1 N–H and O–H groups in total. The Labute approximate surface area is 186 Å². The molecule has 2 atom stereocenters. The van der Waals surface area contributed by atoms with E-state index < -0.39 is 23.3 Å². The van der Waals surface area contributed by atoms with Gasteiger partial charge in [-0.1, -0.05) is 54.6 Å². The van der Waals surface area contributed by atoms with E-state index >= 15 is 0 Å². The number of β-amino-alcohol motifs (C(OH)–C–C–N with tert-alkyl or cyclic N) is 1. The lowest BCUT2D eigenvalue weighted by Crippen LogP contribution is -2.54. The molecule has 31 heavy (non-hydrogen) atoms. The molecule has 3 aliphatic rings. The van der Waals surface area contributed by atoms with Crippen molar-refractivity contribution in [2.45, 2.75) is 31.0 Å². The fourth-order valence-electron chi connectivity index (χ4n) is 4.81. The Kier molecular flexibility index (Phi) is 5.46. The van der Waals surface area contributed by atoms with Gasteiger partial charge in [0.2, 0.25) is 11.6 Å². The lowest BCUT2D eigenvalue weighted by Gasteiger charge is -2.46. The first kappa shape index (κ1) is 20.5. The second kappa shape index (κ2) is 8.26. The van der Waals surface area contributed by atoms with Crippen molar-refractivity contribution < 1.29 is 19.4 Å². The number of carbonyl (C=O) groups excluding carboxylic acids is 2. The van der Waals surface area contributed by atoms with Gasteiger partial charge < -0.3 is 9.84 Å². The number of piperidine rings is 1. The van der Waals surface area contributed by atoms with Gasteiger partial charge in [0.25, 0.3) is 0 Å². The lowest BCUT2D eigenvalue weighted by atomic mass is 9.90. The van der Waals surface area contributed by atoms with Gasteiger partial charge in [0, 0.05) is 30.0 Å². The Morgan fingerprint density at radius 2 is 1.77 bits per heavy atom. The normalized spacial score (nSPS) is 24.5. The van der Waals surface area contributed by atoms with Crippen LogP contribution in [0.2, 0.25) is 0 Å². The second-order valence-corrected chi connectivity index (χ2v) is 9.60. The van der Waals surface area contributed by atoms with Gasteiger partial charge in [-0.3, -0.25) is 14.5 Å². The molecule has 2 aliphatic heterocycles. The zero-order chi connectivity index (χ0) is 21.4. The number of allylic oxidation sites excluding steroid dienone is 1. The first-order chi connectivity index (χ1) is 15.0. The smallest absolute Gasteiger partial charge is 0.243 e. The molecule has 0 bridgehead atoms.